The van der Waals surface area contributed by atoms with Gasteiger partial charge in [0.25, 0.3) is 0 Å². The molecule has 0 saturated carbocycles. The Morgan fingerprint density at radius 3 is 2.81 bits per heavy atom. The fourth-order valence-electron chi connectivity index (χ4n) is 2.65. The first-order chi connectivity index (χ1) is 10.2. The summed E-state index contributed by atoms with van der Waals surface area (Å²) in [5, 5.41) is 3.45. The Hall–Kier alpha value is -1.07. The van der Waals surface area contributed by atoms with Crippen molar-refractivity contribution in [1.82, 2.24) is 10.2 Å². The van der Waals surface area contributed by atoms with Crippen LogP contribution < -0.4 is 5.32 Å². The zero-order valence-electron chi connectivity index (χ0n) is 13.4. The second-order valence-corrected chi connectivity index (χ2v) is 7.05. The average molecular weight is 309 g/mol. The summed E-state index contributed by atoms with van der Waals surface area (Å²) in [5.74, 6) is 1.78. The molecule has 1 aliphatic heterocycles. The molecule has 2 heterocycles. The smallest absolute Gasteiger partial charge is 0.193 e. The quantitative estimate of drug-likeness (QED) is 0.671. The number of rotatable bonds is 5. The summed E-state index contributed by atoms with van der Waals surface area (Å²) < 4.78 is 5.42. The van der Waals surface area contributed by atoms with E-state index in [9.17, 15) is 0 Å². The number of thiophene rings is 1. The highest BCUT2D eigenvalue weighted by atomic mass is 32.1. The van der Waals surface area contributed by atoms with E-state index in [1.165, 1.54) is 29.0 Å². The van der Waals surface area contributed by atoms with Crippen LogP contribution in [-0.4, -0.2) is 44.7 Å². The molecule has 0 spiro atoms. The van der Waals surface area contributed by atoms with Crippen molar-refractivity contribution in [3.05, 3.63) is 21.9 Å². The number of ether oxygens (including phenoxy) is 1. The first kappa shape index (κ1) is 16.3. The molecule has 0 atom stereocenters. The van der Waals surface area contributed by atoms with Gasteiger partial charge in [-0.15, -0.1) is 11.3 Å². The van der Waals surface area contributed by atoms with Crippen LogP contribution in [0.2, 0.25) is 0 Å². The molecule has 5 heteroatoms. The molecular weight excluding hydrogens is 282 g/mol. The fourth-order valence-corrected chi connectivity index (χ4v) is 3.48. The predicted molar refractivity (Wildman–Crippen MR) is 90.0 cm³/mol. The third kappa shape index (κ3) is 5.32. The molecule has 2 rings (SSSR count). The molecule has 21 heavy (non-hydrogen) atoms. The lowest BCUT2D eigenvalue weighted by Crippen LogP contribution is -2.39. The third-order valence-corrected chi connectivity index (χ3v) is 5.00. The van der Waals surface area contributed by atoms with Gasteiger partial charge in [0.2, 0.25) is 0 Å². The Labute approximate surface area is 132 Å². The maximum Gasteiger partial charge on any atom is 0.193 e. The number of aliphatic imine (C=N–C) groups is 1. The summed E-state index contributed by atoms with van der Waals surface area (Å²) in [7, 11) is 3.97. The van der Waals surface area contributed by atoms with E-state index in [-0.39, 0.29) is 0 Å². The van der Waals surface area contributed by atoms with Crippen LogP contribution in [0.1, 0.15) is 29.0 Å². The lowest BCUT2D eigenvalue weighted by Gasteiger charge is -2.26. The maximum atomic E-state index is 5.42. The zero-order chi connectivity index (χ0) is 15.1. The largest absolute Gasteiger partial charge is 0.381 e. The van der Waals surface area contributed by atoms with E-state index >= 15 is 0 Å². The molecule has 0 radical (unpaired) electrons. The van der Waals surface area contributed by atoms with Gasteiger partial charge in [-0.2, -0.15) is 0 Å². The standard InChI is InChI=1S/C16H27N3OS/c1-13-4-5-15(21-13)12-18-16(17-2)19(3)9-6-14-7-10-20-11-8-14/h4-5,14H,6-12H2,1-3H3,(H,17,18). The van der Waals surface area contributed by atoms with Crippen LogP contribution in [0.5, 0.6) is 0 Å². The van der Waals surface area contributed by atoms with Gasteiger partial charge in [-0.1, -0.05) is 0 Å². The van der Waals surface area contributed by atoms with Crippen molar-refractivity contribution in [2.75, 3.05) is 33.9 Å². The number of guanidine groups is 1. The van der Waals surface area contributed by atoms with Gasteiger partial charge in [0.05, 0.1) is 6.54 Å². The van der Waals surface area contributed by atoms with Crippen LogP contribution in [0.15, 0.2) is 17.1 Å². The highest BCUT2D eigenvalue weighted by Gasteiger charge is 2.15. The van der Waals surface area contributed by atoms with E-state index < -0.39 is 0 Å². The molecule has 1 aliphatic rings. The van der Waals surface area contributed by atoms with Crippen molar-refractivity contribution in [3.63, 3.8) is 0 Å². The molecule has 0 amide bonds. The van der Waals surface area contributed by atoms with Gasteiger partial charge in [-0.3, -0.25) is 4.99 Å². The van der Waals surface area contributed by atoms with Crippen LogP contribution >= 0.6 is 11.3 Å². The highest BCUT2D eigenvalue weighted by Crippen LogP contribution is 2.18. The fraction of sp³-hybridized carbons (Fsp3) is 0.688. The van der Waals surface area contributed by atoms with Gasteiger partial charge in [-0.05, 0) is 44.2 Å². The summed E-state index contributed by atoms with van der Waals surface area (Å²) in [5.41, 5.74) is 0. The van der Waals surface area contributed by atoms with Crippen LogP contribution in [0.3, 0.4) is 0 Å². The molecule has 0 unspecified atom stereocenters. The number of nitrogens with zero attached hydrogens (tertiary/aromatic N) is 2. The molecule has 0 aliphatic carbocycles. The Morgan fingerprint density at radius 2 is 2.19 bits per heavy atom. The van der Waals surface area contributed by atoms with E-state index in [1.54, 1.807) is 0 Å². The number of aryl methyl sites for hydroxylation is 1. The minimum atomic E-state index is 0.805. The van der Waals surface area contributed by atoms with Crippen molar-refractivity contribution in [2.24, 2.45) is 10.9 Å². The van der Waals surface area contributed by atoms with E-state index in [2.05, 4.69) is 41.3 Å². The van der Waals surface area contributed by atoms with Crippen molar-refractivity contribution in [1.29, 1.82) is 0 Å². The molecule has 0 bridgehead atoms. The monoisotopic (exact) mass is 309 g/mol. The van der Waals surface area contributed by atoms with Crippen LogP contribution in [0.4, 0.5) is 0 Å². The van der Waals surface area contributed by atoms with Gasteiger partial charge in [0.1, 0.15) is 0 Å². The summed E-state index contributed by atoms with van der Waals surface area (Å²) >= 11 is 1.84. The average Bonchev–Trinajstić information content (AvgIpc) is 2.92. The van der Waals surface area contributed by atoms with E-state index in [4.69, 9.17) is 4.74 Å². The maximum absolute atomic E-state index is 5.42. The van der Waals surface area contributed by atoms with Gasteiger partial charge in [0.15, 0.2) is 5.96 Å². The van der Waals surface area contributed by atoms with E-state index in [1.807, 2.05) is 18.4 Å². The van der Waals surface area contributed by atoms with E-state index in [0.29, 0.717) is 0 Å². The van der Waals surface area contributed by atoms with Crippen LogP contribution in [0, 0.1) is 12.8 Å². The summed E-state index contributed by atoms with van der Waals surface area (Å²) in [6, 6.07) is 4.35. The molecule has 0 aromatic carbocycles. The zero-order valence-corrected chi connectivity index (χ0v) is 14.2. The minimum Gasteiger partial charge on any atom is -0.381 e. The highest BCUT2D eigenvalue weighted by molar-refractivity contribution is 7.11. The molecule has 4 nitrogen and oxygen atoms in total. The van der Waals surface area contributed by atoms with Crippen molar-refractivity contribution in [2.45, 2.75) is 32.7 Å². The SMILES string of the molecule is CN=C(NCc1ccc(C)s1)N(C)CCC1CCOCC1. The summed E-state index contributed by atoms with van der Waals surface area (Å²) in [6.07, 6.45) is 3.63. The minimum absolute atomic E-state index is 0.805. The van der Waals surface area contributed by atoms with Crippen molar-refractivity contribution >= 4 is 17.3 Å². The van der Waals surface area contributed by atoms with Crippen molar-refractivity contribution in [3.8, 4) is 0 Å². The number of hydrogen-bond acceptors (Lipinski definition) is 3. The van der Waals surface area contributed by atoms with E-state index in [0.717, 1.165) is 38.2 Å². The summed E-state index contributed by atoms with van der Waals surface area (Å²) in [6.45, 7) is 5.90. The topological polar surface area (TPSA) is 36.9 Å². The van der Waals surface area contributed by atoms with Gasteiger partial charge >= 0.3 is 0 Å². The van der Waals surface area contributed by atoms with Gasteiger partial charge in [-0.25, -0.2) is 0 Å². The van der Waals surface area contributed by atoms with Crippen molar-refractivity contribution < 1.29 is 4.74 Å². The Kier molecular flexibility index (Phi) is 6.51. The normalized spacial score (nSPS) is 17.0. The summed E-state index contributed by atoms with van der Waals surface area (Å²) in [4.78, 5) is 9.33. The predicted octanol–water partition coefficient (Wildman–Crippen LogP) is 2.88. The lowest BCUT2D eigenvalue weighted by atomic mass is 9.96. The first-order valence-corrected chi connectivity index (χ1v) is 8.55. The first-order valence-electron chi connectivity index (χ1n) is 7.74. The Morgan fingerprint density at radius 1 is 1.43 bits per heavy atom. The molecule has 1 fully saturated rings. The van der Waals surface area contributed by atoms with Crippen LogP contribution in [-0.2, 0) is 11.3 Å². The van der Waals surface area contributed by atoms with Crippen LogP contribution in [0.25, 0.3) is 0 Å². The Balaban J connectivity index is 1.74. The molecule has 1 saturated heterocycles. The molecular formula is C16H27N3OS. The molecule has 118 valence electrons. The third-order valence-electron chi connectivity index (χ3n) is 4.00. The molecule has 1 N–H and O–H groups in total. The number of hydrogen-bond donors (Lipinski definition) is 1. The second-order valence-electron chi connectivity index (χ2n) is 5.68. The lowest BCUT2D eigenvalue weighted by molar-refractivity contribution is 0.0625. The Bertz CT molecular complexity index is 452. The van der Waals surface area contributed by atoms with Gasteiger partial charge < -0.3 is 15.0 Å². The molecule has 1 aromatic heterocycles. The number of nitrogens with one attached hydrogen (secondary N) is 1. The van der Waals surface area contributed by atoms with Gasteiger partial charge in [0, 0.05) is 43.6 Å². The second kappa shape index (κ2) is 8.39. The molecule has 1 aromatic rings.